The lowest BCUT2D eigenvalue weighted by atomic mass is 10.0. The summed E-state index contributed by atoms with van der Waals surface area (Å²) < 4.78 is 104. The number of methoxy groups -OCH3 is 2. The maximum absolute atomic E-state index is 15.2. The van der Waals surface area contributed by atoms with Gasteiger partial charge in [-0.2, -0.15) is 18.3 Å². The van der Waals surface area contributed by atoms with Crippen molar-refractivity contribution in [1.82, 2.24) is 19.7 Å². The topological polar surface area (TPSA) is 173 Å². The Labute approximate surface area is 322 Å². The summed E-state index contributed by atoms with van der Waals surface area (Å²) in [6.07, 6.45) is -5.72. The predicted molar refractivity (Wildman–Crippen MR) is 207 cm³/mol. The third-order valence-corrected chi connectivity index (χ3v) is 11.9. The lowest BCUT2D eigenvalue weighted by Gasteiger charge is -2.17. The zero-order chi connectivity index (χ0) is 41.0. The molecule has 2 aromatic heterocycles. The fourth-order valence-electron chi connectivity index (χ4n) is 5.81. The van der Waals surface area contributed by atoms with Gasteiger partial charge in [-0.25, -0.2) is 27.5 Å². The maximum Gasteiger partial charge on any atom is 0.393 e. The number of benzene rings is 3. The quantitative estimate of drug-likeness (QED) is 0.0498. The van der Waals surface area contributed by atoms with Gasteiger partial charge in [-0.3, -0.25) is 9.52 Å². The minimum atomic E-state index is -4.71. The van der Waals surface area contributed by atoms with E-state index in [0.29, 0.717) is 29.9 Å². The van der Waals surface area contributed by atoms with Crippen molar-refractivity contribution in [3.8, 4) is 22.9 Å². The molecule has 0 saturated carbocycles. The highest BCUT2D eigenvalue weighted by atomic mass is 32.2. The average molecular weight is 818 g/mol. The number of rotatable bonds is 17. The van der Waals surface area contributed by atoms with Crippen molar-refractivity contribution in [3.05, 3.63) is 82.8 Å². The lowest BCUT2D eigenvalue weighted by molar-refractivity contribution is -0.127. The van der Waals surface area contributed by atoms with E-state index in [1.807, 2.05) is 6.92 Å². The Hall–Kier alpha value is -5.27. The Balaban J connectivity index is 1.67. The molecule has 5 aromatic rings. The highest BCUT2D eigenvalue weighted by Crippen LogP contribution is 2.36. The number of aryl methyl sites for hydroxylation is 1. The third kappa shape index (κ3) is 9.93. The molecule has 5 rings (SSSR count). The van der Waals surface area contributed by atoms with Gasteiger partial charge in [0.1, 0.15) is 18.3 Å². The van der Waals surface area contributed by atoms with Gasteiger partial charge in [0.15, 0.2) is 28.7 Å². The molecule has 3 aromatic carbocycles. The molecule has 0 bridgehead atoms. The fraction of sp³-hybridized carbons (Fsp3) is 0.351. The molecular weight excluding hydrogens is 775 g/mol. The van der Waals surface area contributed by atoms with E-state index < -0.39 is 48.2 Å². The molecule has 0 fully saturated rings. The first-order valence-corrected chi connectivity index (χ1v) is 22.6. The van der Waals surface area contributed by atoms with Gasteiger partial charge in [0, 0.05) is 26.8 Å². The number of sulfonamides is 1. The van der Waals surface area contributed by atoms with E-state index in [9.17, 15) is 26.4 Å². The Bertz CT molecular complexity index is 2350. The molecule has 19 heteroatoms. The van der Waals surface area contributed by atoms with Gasteiger partial charge in [-0.05, 0) is 65.6 Å². The molecule has 56 heavy (non-hydrogen) atoms. The number of ether oxygens (including phenoxy) is 3. The summed E-state index contributed by atoms with van der Waals surface area (Å²) >= 11 is 0. The van der Waals surface area contributed by atoms with Gasteiger partial charge < -0.3 is 25.3 Å². The van der Waals surface area contributed by atoms with Gasteiger partial charge in [-0.1, -0.05) is 44.8 Å². The van der Waals surface area contributed by atoms with E-state index in [1.165, 1.54) is 23.9 Å². The van der Waals surface area contributed by atoms with Crippen LogP contribution in [0.25, 0.3) is 22.4 Å². The maximum atomic E-state index is 15.2. The smallest absolute Gasteiger partial charge is 0.393 e. The Morgan fingerprint density at radius 3 is 2.36 bits per heavy atom. The first-order chi connectivity index (χ1) is 26.3. The summed E-state index contributed by atoms with van der Waals surface area (Å²) in [4.78, 5) is 21.9. The molecule has 0 aliphatic carbocycles. The van der Waals surface area contributed by atoms with Crippen molar-refractivity contribution >= 4 is 46.5 Å². The van der Waals surface area contributed by atoms with Crippen LogP contribution in [0.5, 0.6) is 11.5 Å². The number of fused-ring (bicyclic) bond motifs is 1. The number of primary amides is 1. The number of carbonyl (C=O) groups excluding carboxylic acids is 1. The molecule has 4 N–H and O–H groups in total. The van der Waals surface area contributed by atoms with Gasteiger partial charge in [0.2, 0.25) is 0 Å². The summed E-state index contributed by atoms with van der Waals surface area (Å²) in [6, 6.07) is 13.8. The molecule has 0 atom stereocenters. The van der Waals surface area contributed by atoms with E-state index in [2.05, 4.69) is 44.7 Å². The van der Waals surface area contributed by atoms with E-state index in [1.54, 1.807) is 30.3 Å². The van der Waals surface area contributed by atoms with E-state index in [-0.39, 0.29) is 63.4 Å². The van der Waals surface area contributed by atoms with E-state index >= 15 is 4.39 Å². The first-order valence-electron chi connectivity index (χ1n) is 17.4. The van der Waals surface area contributed by atoms with Crippen molar-refractivity contribution in [2.45, 2.75) is 69.8 Å². The van der Waals surface area contributed by atoms with Crippen molar-refractivity contribution in [2.75, 3.05) is 30.9 Å². The van der Waals surface area contributed by atoms with Crippen LogP contribution < -0.4 is 25.2 Å². The van der Waals surface area contributed by atoms with E-state index in [4.69, 9.17) is 19.9 Å². The summed E-state index contributed by atoms with van der Waals surface area (Å²) in [5.41, 5.74) is 5.89. The minimum Gasteiger partial charge on any atom is -0.497 e. The SMILES string of the molecule is CCc1ccccc1S(=O)(=O)Nc1ccc(OC)cc1CNc1nc(-c2cc(F)c(OC)cc2CC(F)(F)F)nc2c1c(C(N)=O)nn2COCC[Si](C)(C)C. The Morgan fingerprint density at radius 2 is 1.71 bits per heavy atom. The summed E-state index contributed by atoms with van der Waals surface area (Å²) in [5, 5.41) is 7.42. The second kappa shape index (κ2) is 16.8. The van der Waals surface area contributed by atoms with Crippen LogP contribution in [-0.2, 0) is 40.9 Å². The second-order valence-corrected chi connectivity index (χ2v) is 21.3. The minimum absolute atomic E-state index is 0.00306. The summed E-state index contributed by atoms with van der Waals surface area (Å²) in [7, 11) is -3.05. The second-order valence-electron chi connectivity index (χ2n) is 14.0. The molecule has 0 aliphatic heterocycles. The van der Waals surface area contributed by atoms with Gasteiger partial charge in [0.05, 0.1) is 36.6 Å². The number of hydrogen-bond acceptors (Lipinski definition) is 10. The predicted octanol–water partition coefficient (Wildman–Crippen LogP) is 7.14. The molecule has 0 saturated heterocycles. The number of amides is 1. The summed E-state index contributed by atoms with van der Waals surface area (Å²) in [6.45, 7) is 8.29. The molecule has 0 unspecified atom stereocenters. The van der Waals surface area contributed by atoms with Crippen LogP contribution in [0.15, 0.2) is 59.5 Å². The number of carbonyl (C=O) groups is 1. The number of nitrogens with zero attached hydrogens (tertiary/aromatic N) is 4. The van der Waals surface area contributed by atoms with Crippen molar-refractivity contribution in [2.24, 2.45) is 5.73 Å². The molecule has 1 amide bonds. The number of aromatic nitrogens is 4. The highest BCUT2D eigenvalue weighted by Gasteiger charge is 2.32. The fourth-order valence-corrected chi connectivity index (χ4v) is 7.98. The van der Waals surface area contributed by atoms with Crippen LogP contribution in [0.3, 0.4) is 0 Å². The molecule has 2 heterocycles. The summed E-state index contributed by atoms with van der Waals surface area (Å²) in [5.74, 6) is -2.44. The largest absolute Gasteiger partial charge is 0.497 e. The number of halogens is 4. The average Bonchev–Trinajstić information content (AvgIpc) is 3.51. The van der Waals surface area contributed by atoms with Gasteiger partial charge in [-0.15, -0.1) is 0 Å². The molecular formula is C37H43F4N7O6SSi. The zero-order valence-corrected chi connectivity index (χ0v) is 33.5. The third-order valence-electron chi connectivity index (χ3n) is 8.69. The first kappa shape index (κ1) is 41.9. The molecule has 0 aliphatic rings. The van der Waals surface area contributed by atoms with Crippen molar-refractivity contribution < 1.29 is 45.0 Å². The number of hydrogen-bond donors (Lipinski definition) is 3. The molecule has 0 radical (unpaired) electrons. The molecule has 0 spiro atoms. The normalized spacial score (nSPS) is 12.2. The number of nitrogens with two attached hydrogens (primary N) is 1. The van der Waals surface area contributed by atoms with Gasteiger partial charge in [0.25, 0.3) is 15.9 Å². The van der Waals surface area contributed by atoms with Crippen LogP contribution in [0.2, 0.25) is 25.7 Å². The van der Waals surface area contributed by atoms with Crippen molar-refractivity contribution in [3.63, 3.8) is 0 Å². The van der Waals surface area contributed by atoms with E-state index in [0.717, 1.165) is 25.3 Å². The number of anilines is 2. The number of nitrogens with one attached hydrogen (secondary N) is 2. The van der Waals surface area contributed by atoms with Crippen LogP contribution in [0, 0.1) is 5.82 Å². The van der Waals surface area contributed by atoms with Crippen LogP contribution in [0.4, 0.5) is 29.1 Å². The van der Waals surface area contributed by atoms with Crippen LogP contribution in [0.1, 0.15) is 34.1 Å². The molecule has 300 valence electrons. The standard InChI is InChI=1S/C37H43F4N7O6SSi/c1-7-22-10-8-9-11-30(22)55(50,51)47-28-13-12-25(52-2)16-24(28)20-43-35-31-32(33(42)49)46-48(21-54-14-15-56(4,5)6)36(31)45-34(44-35)26-18-27(38)29(53-3)17-23(26)19-37(39,40)41/h8-13,16-18,47H,7,14-15,19-21H2,1-6H3,(H2,42,49)(H,43,44,45). The van der Waals surface area contributed by atoms with Crippen LogP contribution >= 0.6 is 0 Å². The Kier molecular flexibility index (Phi) is 12.6. The lowest BCUT2D eigenvalue weighted by Crippen LogP contribution is -2.22. The van der Waals surface area contributed by atoms with Crippen LogP contribution in [-0.4, -0.2) is 69.2 Å². The number of alkyl halides is 3. The Morgan fingerprint density at radius 1 is 0.982 bits per heavy atom. The van der Waals surface area contributed by atoms with Gasteiger partial charge >= 0.3 is 6.18 Å². The zero-order valence-electron chi connectivity index (χ0n) is 31.7. The monoisotopic (exact) mass is 817 g/mol. The molecule has 13 nitrogen and oxygen atoms in total. The van der Waals surface area contributed by atoms with Crippen molar-refractivity contribution in [1.29, 1.82) is 0 Å². The highest BCUT2D eigenvalue weighted by molar-refractivity contribution is 7.92.